The Balaban J connectivity index is 2.45. The normalized spacial score (nSPS) is 10.2. The first-order valence-corrected chi connectivity index (χ1v) is 6.06. The van der Waals surface area contributed by atoms with Gasteiger partial charge in [0.25, 0.3) is 5.69 Å². The molecular formula is C13H9ClFN3O3. The number of benzene rings is 2. The highest BCUT2D eigenvalue weighted by Crippen LogP contribution is 2.30. The van der Waals surface area contributed by atoms with Crippen LogP contribution in [0.25, 0.3) is 0 Å². The molecular weight excluding hydrogens is 301 g/mol. The number of nitrogens with one attached hydrogen (secondary N) is 1. The zero-order valence-corrected chi connectivity index (χ0v) is 11.2. The van der Waals surface area contributed by atoms with Crippen LogP contribution in [0.3, 0.4) is 0 Å². The third-order valence-electron chi connectivity index (χ3n) is 2.68. The minimum atomic E-state index is -0.718. The average molecular weight is 310 g/mol. The number of nitrogens with zero attached hydrogens (tertiary/aromatic N) is 1. The average Bonchev–Trinajstić information content (AvgIpc) is 2.42. The molecule has 0 heterocycles. The smallest absolute Gasteiger partial charge is 0.292 e. The van der Waals surface area contributed by atoms with Crippen molar-refractivity contribution in [3.8, 4) is 0 Å². The van der Waals surface area contributed by atoms with E-state index in [1.807, 2.05) is 0 Å². The van der Waals surface area contributed by atoms with Crippen molar-refractivity contribution in [2.24, 2.45) is 5.73 Å². The van der Waals surface area contributed by atoms with Crippen molar-refractivity contribution in [2.75, 3.05) is 5.32 Å². The lowest BCUT2D eigenvalue weighted by Gasteiger charge is -2.09. The molecule has 2 aromatic carbocycles. The lowest BCUT2D eigenvalue weighted by Crippen LogP contribution is -2.11. The lowest BCUT2D eigenvalue weighted by molar-refractivity contribution is -0.383. The minimum Gasteiger partial charge on any atom is -0.366 e. The molecule has 0 saturated heterocycles. The number of hydrogen-bond donors (Lipinski definition) is 2. The van der Waals surface area contributed by atoms with Crippen LogP contribution in [-0.4, -0.2) is 10.8 Å². The van der Waals surface area contributed by atoms with Crippen molar-refractivity contribution in [1.29, 1.82) is 0 Å². The Labute approximate surface area is 123 Å². The van der Waals surface area contributed by atoms with E-state index < -0.39 is 16.6 Å². The number of hydrogen-bond acceptors (Lipinski definition) is 4. The van der Waals surface area contributed by atoms with Gasteiger partial charge in [-0.1, -0.05) is 11.6 Å². The van der Waals surface area contributed by atoms with Crippen LogP contribution in [0.4, 0.5) is 21.5 Å². The summed E-state index contributed by atoms with van der Waals surface area (Å²) in [5, 5.41) is 13.6. The number of carbonyl (C=O) groups is 1. The van der Waals surface area contributed by atoms with Crippen LogP contribution in [0.1, 0.15) is 10.4 Å². The molecule has 0 spiro atoms. The molecule has 0 aliphatic heterocycles. The van der Waals surface area contributed by atoms with Gasteiger partial charge in [-0.05, 0) is 30.3 Å². The second-order valence-corrected chi connectivity index (χ2v) is 4.51. The van der Waals surface area contributed by atoms with E-state index in [4.69, 9.17) is 17.3 Å². The molecule has 0 aliphatic carbocycles. The highest BCUT2D eigenvalue weighted by molar-refractivity contribution is 6.31. The van der Waals surface area contributed by atoms with Crippen LogP contribution in [0.2, 0.25) is 5.02 Å². The molecule has 2 rings (SSSR count). The topological polar surface area (TPSA) is 98.3 Å². The third kappa shape index (κ3) is 3.26. The number of rotatable bonds is 4. The van der Waals surface area contributed by atoms with Gasteiger partial charge in [-0.3, -0.25) is 14.9 Å². The summed E-state index contributed by atoms with van der Waals surface area (Å²) in [6, 6.07) is 7.42. The Hall–Kier alpha value is -2.67. The van der Waals surface area contributed by atoms with Crippen LogP contribution >= 0.6 is 11.6 Å². The van der Waals surface area contributed by atoms with E-state index in [9.17, 15) is 19.3 Å². The highest BCUT2D eigenvalue weighted by atomic mass is 35.5. The van der Waals surface area contributed by atoms with E-state index >= 15 is 0 Å². The molecule has 3 N–H and O–H groups in total. The molecule has 2 aromatic rings. The molecule has 0 atom stereocenters. The number of nitrogens with two attached hydrogens (primary N) is 1. The number of nitro benzene ring substituents is 1. The summed E-state index contributed by atoms with van der Waals surface area (Å²) in [4.78, 5) is 21.5. The van der Waals surface area contributed by atoms with Crippen LogP contribution in [0, 0.1) is 15.9 Å². The van der Waals surface area contributed by atoms with Gasteiger partial charge < -0.3 is 11.1 Å². The number of carbonyl (C=O) groups excluding carboxylic acids is 1. The van der Waals surface area contributed by atoms with E-state index in [2.05, 4.69) is 5.32 Å². The van der Waals surface area contributed by atoms with Crippen LogP contribution in [0.15, 0.2) is 36.4 Å². The van der Waals surface area contributed by atoms with Crippen molar-refractivity contribution < 1.29 is 14.1 Å². The van der Waals surface area contributed by atoms with Crippen molar-refractivity contribution in [3.63, 3.8) is 0 Å². The molecule has 6 nitrogen and oxygen atoms in total. The fraction of sp³-hybridized carbons (Fsp3) is 0. The first-order chi connectivity index (χ1) is 9.88. The maximum absolute atomic E-state index is 13.1. The van der Waals surface area contributed by atoms with Crippen LogP contribution in [-0.2, 0) is 0 Å². The van der Waals surface area contributed by atoms with Gasteiger partial charge in [-0.25, -0.2) is 4.39 Å². The van der Waals surface area contributed by atoms with E-state index in [1.54, 1.807) is 0 Å². The maximum Gasteiger partial charge on any atom is 0.292 e. The van der Waals surface area contributed by atoms with Crippen molar-refractivity contribution in [3.05, 3.63) is 62.9 Å². The molecule has 108 valence electrons. The molecule has 0 aliphatic rings. The van der Waals surface area contributed by atoms with Gasteiger partial charge in [0.2, 0.25) is 5.91 Å². The fourth-order valence-corrected chi connectivity index (χ4v) is 1.86. The lowest BCUT2D eigenvalue weighted by atomic mass is 10.1. The van der Waals surface area contributed by atoms with E-state index in [1.165, 1.54) is 24.3 Å². The fourth-order valence-electron chi connectivity index (χ4n) is 1.68. The van der Waals surface area contributed by atoms with Gasteiger partial charge in [-0.2, -0.15) is 0 Å². The number of halogens is 2. The summed E-state index contributed by atoms with van der Waals surface area (Å²) in [7, 11) is 0. The molecule has 0 radical (unpaired) electrons. The Bertz CT molecular complexity index is 737. The van der Waals surface area contributed by atoms with Crippen LogP contribution < -0.4 is 11.1 Å². The van der Waals surface area contributed by atoms with Crippen LogP contribution in [0.5, 0.6) is 0 Å². The van der Waals surface area contributed by atoms with Gasteiger partial charge in [0.05, 0.1) is 9.95 Å². The largest absolute Gasteiger partial charge is 0.366 e. The Morgan fingerprint density at radius 3 is 2.57 bits per heavy atom. The highest BCUT2D eigenvalue weighted by Gasteiger charge is 2.16. The Morgan fingerprint density at radius 2 is 2.00 bits per heavy atom. The summed E-state index contributed by atoms with van der Waals surface area (Å²) in [6.45, 7) is 0. The molecule has 0 saturated carbocycles. The molecule has 0 bridgehead atoms. The van der Waals surface area contributed by atoms with Gasteiger partial charge in [0.1, 0.15) is 11.5 Å². The monoisotopic (exact) mass is 309 g/mol. The van der Waals surface area contributed by atoms with Crippen molar-refractivity contribution >= 4 is 34.6 Å². The minimum absolute atomic E-state index is 0.0546. The summed E-state index contributed by atoms with van der Waals surface area (Å²) in [5.74, 6) is -1.33. The second kappa shape index (κ2) is 5.76. The Kier molecular flexibility index (Phi) is 4.04. The zero-order chi connectivity index (χ0) is 15.6. The first kappa shape index (κ1) is 14.7. The van der Waals surface area contributed by atoms with E-state index in [0.717, 1.165) is 12.1 Å². The van der Waals surface area contributed by atoms with Gasteiger partial charge in [0.15, 0.2) is 0 Å². The van der Waals surface area contributed by atoms with Crippen molar-refractivity contribution in [2.45, 2.75) is 0 Å². The molecule has 1 amide bonds. The van der Waals surface area contributed by atoms with E-state index in [-0.39, 0.29) is 22.0 Å². The predicted molar refractivity (Wildman–Crippen MR) is 76.3 cm³/mol. The van der Waals surface area contributed by atoms with Gasteiger partial charge >= 0.3 is 0 Å². The van der Waals surface area contributed by atoms with Gasteiger partial charge in [0, 0.05) is 17.3 Å². The Morgan fingerprint density at radius 1 is 1.29 bits per heavy atom. The maximum atomic E-state index is 13.1. The standard InChI is InChI=1S/C13H9ClFN3O3/c14-9-6-8(2-3-10(9)15)17-11-5-7(13(16)19)1-4-12(11)18(20)21/h1-6,17H,(H2,16,19). The van der Waals surface area contributed by atoms with E-state index in [0.29, 0.717) is 5.69 Å². The second-order valence-electron chi connectivity index (χ2n) is 4.11. The third-order valence-corrected chi connectivity index (χ3v) is 2.97. The molecule has 0 unspecified atom stereocenters. The summed E-state index contributed by atoms with van der Waals surface area (Å²) < 4.78 is 13.1. The summed E-state index contributed by atoms with van der Waals surface area (Å²) >= 11 is 5.64. The van der Waals surface area contributed by atoms with Gasteiger partial charge in [-0.15, -0.1) is 0 Å². The molecule has 0 fully saturated rings. The quantitative estimate of drug-likeness (QED) is 0.669. The molecule has 0 aromatic heterocycles. The predicted octanol–water partition coefficient (Wildman–Crippen LogP) is 3.23. The molecule has 21 heavy (non-hydrogen) atoms. The number of anilines is 2. The SMILES string of the molecule is NC(=O)c1ccc([N+](=O)[O-])c(Nc2ccc(F)c(Cl)c2)c1. The summed E-state index contributed by atoms with van der Waals surface area (Å²) in [5.41, 5.74) is 5.39. The molecule has 8 heteroatoms. The zero-order valence-electron chi connectivity index (χ0n) is 10.5. The number of amides is 1. The number of primary amides is 1. The summed E-state index contributed by atoms with van der Waals surface area (Å²) in [6.07, 6.45) is 0. The van der Waals surface area contributed by atoms with Crippen molar-refractivity contribution in [1.82, 2.24) is 0 Å². The first-order valence-electron chi connectivity index (χ1n) is 5.69. The number of nitro groups is 1.